The summed E-state index contributed by atoms with van der Waals surface area (Å²) in [6, 6.07) is 23.3. The first-order chi connectivity index (χ1) is 50.1. The van der Waals surface area contributed by atoms with Crippen molar-refractivity contribution in [1.29, 1.82) is 0 Å². The number of rotatable bonds is 54. The van der Waals surface area contributed by atoms with Gasteiger partial charge in [0.25, 0.3) is 10.1 Å². The first-order valence-electron chi connectivity index (χ1n) is 40.2. The maximum atomic E-state index is 10.9. The van der Waals surface area contributed by atoms with Crippen LogP contribution in [-0.4, -0.2) is 285 Å². The third-order valence-electron chi connectivity index (χ3n) is 16.8. The number of hydrogen-bond acceptors (Lipinski definition) is 20. The molecule has 0 radical (unpaired) electrons. The maximum Gasteiger partial charge on any atom is 1.00 e. The molecule has 0 aromatic carbocycles. The van der Waals surface area contributed by atoms with Gasteiger partial charge in [0.05, 0.1) is 25.7 Å². The molecule has 0 spiro atoms. The normalized spacial score (nSPS) is 12.9. The second-order valence-electron chi connectivity index (χ2n) is 35.2. The van der Waals surface area contributed by atoms with Crippen LogP contribution in [0.4, 0.5) is 0 Å². The molecule has 1 aromatic rings. The third kappa shape index (κ3) is 133. The summed E-state index contributed by atoms with van der Waals surface area (Å²) < 4.78 is 116. The minimum Gasteiger partial charge on any atom is -1.00 e. The molecule has 0 aliphatic heterocycles. The Balaban J connectivity index is -0.000000120. The zero-order chi connectivity index (χ0) is 87.6. The molecule has 1 aromatic heterocycles. The van der Waals surface area contributed by atoms with Crippen molar-refractivity contribution in [3.05, 3.63) is 43.2 Å². The monoisotopic (exact) mass is 2180 g/mol. The first kappa shape index (κ1) is 141. The van der Waals surface area contributed by atoms with E-state index in [0.29, 0.717) is 13.2 Å². The van der Waals surface area contributed by atoms with Crippen molar-refractivity contribution < 1.29 is 128 Å². The fraction of sp³-hybridized carbons (Fsp3) is 0.892. The van der Waals surface area contributed by atoms with Gasteiger partial charge in [-0.15, -0.1) is 6.58 Å². The van der Waals surface area contributed by atoms with E-state index in [9.17, 15) is 16.8 Å². The van der Waals surface area contributed by atoms with Gasteiger partial charge >= 0.3 is 29.6 Å². The molecular formula is C65H183Br2ClNNaO19S2Si22. The van der Waals surface area contributed by atoms with Gasteiger partial charge in [-0.05, 0) is 293 Å². The zero-order valence-corrected chi connectivity index (χ0v) is 116. The number of aliphatic hydroxyl groups excluding tert-OH is 2. The molecule has 0 fully saturated rings. The quantitative estimate of drug-likeness (QED) is 0.0215. The standard InChI is InChI=1S/C13H38O3Si5.C11H32O5SSi4.C10H29BrO2Si4.C10H30O3Si4.C7H24O2Si4.C6H14OSi.C5H5N.CH3ClO2S.CH4O.CH4.BrH.Na/c1-19(2,3)14-10-8-12-21(6,7)16-18-11-9-13-20(4,5)15-17;1-17(12,13)14-8-6-10-21(4,5)16-19-9-7-11-20(2,3)15-18;2*1-16(2,12-14)10-6-8-15-13-17(3,4)9-5-7-11;1-12(2)9-11-6-5-7-13(3,4)8-10;1-5-6-7-8(2,3)4;1-2-4-6-5-3-1;1-5(2,3)4;1-2;;;/h8-13,18H2,1-7,17H3;6-11,19H2,1-5,18H3;5-10,15H2,1-4,14H3;11H,5-10,15H2,1-4,14H3;12H,5-7,11H2,1-4,10H3;5H,1,6H2,2-4H3;1-5H;1H3;2H,1H3;1H4;1H;/q;;;;;;;;;;;+1/p-1. The van der Waals surface area contributed by atoms with Gasteiger partial charge in [0.2, 0.25) is 9.05 Å². The van der Waals surface area contributed by atoms with Crippen molar-refractivity contribution in [3.8, 4) is 0 Å². The topological polar surface area (TPSA) is 242 Å². The Morgan fingerprint density at radius 3 is 0.912 bits per heavy atom. The van der Waals surface area contributed by atoms with Crippen LogP contribution >= 0.6 is 26.6 Å². The van der Waals surface area contributed by atoms with Gasteiger partial charge in [0.15, 0.2) is 101 Å². The Kier molecular flexibility index (Phi) is 102. The van der Waals surface area contributed by atoms with Gasteiger partial charge in [-0.1, -0.05) is 67.6 Å². The summed E-state index contributed by atoms with van der Waals surface area (Å²) in [4.78, 5) is 3.78. The van der Waals surface area contributed by atoms with Gasteiger partial charge in [-0.3, -0.25) is 9.17 Å². The van der Waals surface area contributed by atoms with Crippen LogP contribution in [0.15, 0.2) is 43.2 Å². The minimum absolute atomic E-state index is 0. The van der Waals surface area contributed by atoms with Crippen LogP contribution in [0.3, 0.4) is 0 Å². The van der Waals surface area contributed by atoms with Crippen LogP contribution in [0.2, 0.25) is 255 Å². The third-order valence-corrected chi connectivity index (χ3v) is 79.5. The van der Waals surface area contributed by atoms with E-state index in [0.717, 1.165) is 109 Å². The molecule has 0 saturated heterocycles. The number of aliphatic hydroxyl groups is 2. The molecule has 0 bridgehead atoms. The molecule has 0 atom stereocenters. The Labute approximate surface area is 786 Å². The van der Waals surface area contributed by atoms with Gasteiger partial charge in [0, 0.05) is 48.7 Å². The fourth-order valence-corrected chi connectivity index (χ4v) is 46.0. The van der Waals surface area contributed by atoms with Crippen molar-refractivity contribution >= 4 is 248 Å². The minimum atomic E-state index is -3.30. The summed E-state index contributed by atoms with van der Waals surface area (Å²) in [6.07, 6.45) is 17.9. The molecule has 0 amide bonds. The Bertz CT molecular complexity index is 2390. The van der Waals surface area contributed by atoms with Crippen LogP contribution in [0, 0.1) is 0 Å². The Hall–Kier alpha value is 5.21. The summed E-state index contributed by atoms with van der Waals surface area (Å²) >= 11 is 3.50. The number of nitrogens with zero attached hydrogens (tertiary/aromatic N) is 1. The van der Waals surface area contributed by atoms with Crippen molar-refractivity contribution in [2.24, 2.45) is 0 Å². The van der Waals surface area contributed by atoms with Crippen molar-refractivity contribution in [1.82, 2.24) is 4.98 Å². The molecule has 48 heteroatoms. The summed E-state index contributed by atoms with van der Waals surface area (Å²) in [5, 5.41) is 16.9. The Morgan fingerprint density at radius 1 is 0.451 bits per heavy atom. The molecule has 684 valence electrons. The van der Waals surface area contributed by atoms with E-state index in [1.54, 1.807) is 18.5 Å². The second kappa shape index (κ2) is 81.7. The summed E-state index contributed by atoms with van der Waals surface area (Å²) in [5.41, 5.74) is 0. The van der Waals surface area contributed by atoms with Gasteiger partial charge in [-0.2, -0.15) is 8.42 Å². The number of halogens is 3. The summed E-state index contributed by atoms with van der Waals surface area (Å²) in [7, 11) is -13.6. The molecule has 2 N–H and O–H groups in total. The number of aromatic nitrogens is 1. The molecule has 1 rings (SSSR count). The average Bonchev–Trinajstić information content (AvgIpc) is 0.915. The largest absolute Gasteiger partial charge is 1.00 e. The van der Waals surface area contributed by atoms with Gasteiger partial charge in [-0.25, -0.2) is 8.42 Å². The number of pyridine rings is 1. The number of hydrogen-bond donors (Lipinski definition) is 2. The molecule has 113 heavy (non-hydrogen) atoms. The van der Waals surface area contributed by atoms with Gasteiger partial charge < -0.3 is 77.2 Å². The van der Waals surface area contributed by atoms with E-state index in [1.165, 1.54) is 117 Å². The van der Waals surface area contributed by atoms with E-state index in [4.69, 9.17) is 64.4 Å². The Morgan fingerprint density at radius 2 is 0.708 bits per heavy atom. The first-order valence-corrected chi connectivity index (χ1v) is 95.4. The molecular weight excluding hydrogens is 2000 g/mol. The van der Waals surface area contributed by atoms with Crippen LogP contribution < -0.4 is 46.5 Å². The van der Waals surface area contributed by atoms with Crippen LogP contribution in [0.25, 0.3) is 0 Å². The average molecular weight is 2180 g/mol. The zero-order valence-electron chi connectivity index (χ0n) is 78.8. The van der Waals surface area contributed by atoms with Crippen molar-refractivity contribution in [2.75, 3.05) is 51.4 Å². The molecule has 0 aliphatic carbocycles. The van der Waals surface area contributed by atoms with E-state index < -0.39 is 129 Å². The van der Waals surface area contributed by atoms with Crippen LogP contribution in [0.5, 0.6) is 0 Å². The fourth-order valence-electron chi connectivity index (χ4n) is 8.98. The SMILES string of the molecule is C.C=CCO[Si](C)(C)C.CO.CS(=O)(=O)Cl.C[SiH](C)O[SiH2]CCC[Si](C)(C)O[SiH3].C[Si](C)(C)OCCC[Si](C)(C)O[SiH2]CCC[Si](C)(C)O[SiH3].C[Si](C)(CCC[SiH2]O[Si](C)(C)CCCBr)O[SiH3].C[Si](C)(CCC[SiH2]O[Si](C)(C)CCCO)O[SiH3].C[Si](C)(CCC[SiH2]O[Si](C)(C)CCCOS(C)(=O)=O)O[SiH3].[Br-].[Na+].c1ccncc1. The molecule has 0 saturated carbocycles. The molecule has 20 nitrogen and oxygen atoms in total. The second-order valence-corrected chi connectivity index (χ2v) is 108. The van der Waals surface area contributed by atoms with Crippen molar-refractivity contribution in [3.63, 3.8) is 0 Å². The van der Waals surface area contributed by atoms with Gasteiger partial charge in [0.1, 0.15) is 101 Å². The van der Waals surface area contributed by atoms with Crippen molar-refractivity contribution in [2.45, 2.75) is 320 Å². The molecule has 0 aliphatic rings. The number of alkyl halides is 1. The van der Waals surface area contributed by atoms with Crippen LogP contribution in [0.1, 0.15) is 65.2 Å². The summed E-state index contributed by atoms with van der Waals surface area (Å²) in [5.74, 6) is 0. The predicted molar refractivity (Wildman–Crippen MR) is 559 cm³/mol. The van der Waals surface area contributed by atoms with E-state index in [2.05, 4.69) is 208 Å². The molecule has 0 unspecified atom stereocenters. The smallest absolute Gasteiger partial charge is 1.00 e. The van der Waals surface area contributed by atoms with E-state index >= 15 is 0 Å². The predicted octanol–water partition coefficient (Wildman–Crippen LogP) is 5.11. The maximum absolute atomic E-state index is 10.9. The van der Waals surface area contributed by atoms with E-state index in [1.807, 2.05) is 18.2 Å². The van der Waals surface area contributed by atoms with Crippen LogP contribution in [-0.2, 0) is 73.4 Å². The molecule has 1 heterocycles. The summed E-state index contributed by atoms with van der Waals surface area (Å²) in [6.45, 7) is 65.1. The van der Waals surface area contributed by atoms with E-state index in [-0.39, 0.29) is 99.6 Å².